The van der Waals surface area contributed by atoms with Gasteiger partial charge in [0.15, 0.2) is 0 Å². The largest absolute Gasteiger partial charge is 0.480 e. The summed E-state index contributed by atoms with van der Waals surface area (Å²) >= 11 is 0. The van der Waals surface area contributed by atoms with Gasteiger partial charge in [0, 0.05) is 32.8 Å². The highest BCUT2D eigenvalue weighted by Crippen LogP contribution is 2.23. The van der Waals surface area contributed by atoms with Crippen molar-refractivity contribution in [2.45, 2.75) is 19.4 Å². The van der Waals surface area contributed by atoms with E-state index in [9.17, 15) is 9.59 Å². The number of hydrogen-bond acceptors (Lipinski definition) is 4. The normalized spacial score (nSPS) is 29.5. The molecule has 2 fully saturated rings. The summed E-state index contributed by atoms with van der Waals surface area (Å²) in [6.07, 6.45) is 0.810. The van der Waals surface area contributed by atoms with Gasteiger partial charge in [-0.15, -0.1) is 0 Å². The van der Waals surface area contributed by atoms with Crippen molar-refractivity contribution < 1.29 is 19.4 Å². The SMILES string of the molecule is CC1OCCC1C(=O)N1CCN(CC(=O)O)CC1. The van der Waals surface area contributed by atoms with Crippen LogP contribution in [0.1, 0.15) is 13.3 Å². The van der Waals surface area contributed by atoms with E-state index in [1.54, 1.807) is 0 Å². The number of carboxylic acid groups (broad SMARTS) is 1. The van der Waals surface area contributed by atoms with E-state index in [0.717, 1.165) is 6.42 Å². The molecular formula is C12H20N2O4. The quantitative estimate of drug-likeness (QED) is 0.747. The van der Waals surface area contributed by atoms with Crippen molar-refractivity contribution in [3.63, 3.8) is 0 Å². The molecule has 0 spiro atoms. The average molecular weight is 256 g/mol. The number of amides is 1. The minimum absolute atomic E-state index is 0.00884. The first-order valence-electron chi connectivity index (χ1n) is 6.42. The van der Waals surface area contributed by atoms with Gasteiger partial charge in [-0.1, -0.05) is 0 Å². The number of carbonyl (C=O) groups excluding carboxylic acids is 1. The van der Waals surface area contributed by atoms with Crippen LogP contribution in [0.3, 0.4) is 0 Å². The third-order valence-electron chi connectivity index (χ3n) is 3.74. The maximum Gasteiger partial charge on any atom is 0.317 e. The molecule has 0 saturated carbocycles. The van der Waals surface area contributed by atoms with Crippen molar-refractivity contribution in [2.75, 3.05) is 39.3 Å². The summed E-state index contributed by atoms with van der Waals surface area (Å²) in [5, 5.41) is 8.71. The highest BCUT2D eigenvalue weighted by molar-refractivity contribution is 5.79. The van der Waals surface area contributed by atoms with Crippen LogP contribution < -0.4 is 0 Å². The Morgan fingerprint density at radius 1 is 1.28 bits per heavy atom. The number of nitrogens with zero attached hydrogens (tertiary/aromatic N) is 2. The van der Waals surface area contributed by atoms with Gasteiger partial charge in [-0.25, -0.2) is 0 Å². The standard InChI is InChI=1S/C12H20N2O4/c1-9-10(2-7-18-9)12(17)14-5-3-13(4-6-14)8-11(15)16/h9-10H,2-8H2,1H3,(H,15,16). The molecule has 2 aliphatic rings. The second-order valence-corrected chi connectivity index (χ2v) is 4.97. The molecule has 2 rings (SSSR count). The lowest BCUT2D eigenvalue weighted by atomic mass is 10.0. The number of carboxylic acids is 1. The van der Waals surface area contributed by atoms with Gasteiger partial charge in [0.1, 0.15) is 0 Å². The molecule has 2 atom stereocenters. The average Bonchev–Trinajstić information content (AvgIpc) is 2.75. The monoisotopic (exact) mass is 256 g/mol. The summed E-state index contributed by atoms with van der Waals surface area (Å²) in [5.41, 5.74) is 0. The zero-order valence-corrected chi connectivity index (χ0v) is 10.7. The Labute approximate surface area is 106 Å². The van der Waals surface area contributed by atoms with Gasteiger partial charge in [-0.3, -0.25) is 14.5 Å². The van der Waals surface area contributed by atoms with Gasteiger partial charge in [-0.2, -0.15) is 0 Å². The highest BCUT2D eigenvalue weighted by Gasteiger charge is 2.34. The van der Waals surface area contributed by atoms with Gasteiger partial charge in [0.05, 0.1) is 18.6 Å². The van der Waals surface area contributed by atoms with Crippen molar-refractivity contribution in [1.29, 1.82) is 0 Å². The van der Waals surface area contributed by atoms with Crippen LogP contribution in [0.4, 0.5) is 0 Å². The Morgan fingerprint density at radius 2 is 1.94 bits per heavy atom. The molecule has 2 unspecified atom stereocenters. The zero-order valence-electron chi connectivity index (χ0n) is 10.7. The molecule has 0 radical (unpaired) electrons. The third-order valence-corrected chi connectivity index (χ3v) is 3.74. The van der Waals surface area contributed by atoms with Crippen LogP contribution in [0.25, 0.3) is 0 Å². The van der Waals surface area contributed by atoms with E-state index in [4.69, 9.17) is 9.84 Å². The number of aliphatic carboxylic acids is 1. The first-order chi connectivity index (χ1) is 8.58. The van der Waals surface area contributed by atoms with Crippen molar-refractivity contribution in [3.8, 4) is 0 Å². The minimum atomic E-state index is -0.812. The van der Waals surface area contributed by atoms with E-state index >= 15 is 0 Å². The Morgan fingerprint density at radius 3 is 2.44 bits per heavy atom. The van der Waals surface area contributed by atoms with E-state index < -0.39 is 5.97 Å². The van der Waals surface area contributed by atoms with Gasteiger partial charge < -0.3 is 14.7 Å². The molecule has 6 nitrogen and oxygen atoms in total. The van der Waals surface area contributed by atoms with Crippen molar-refractivity contribution in [1.82, 2.24) is 9.80 Å². The van der Waals surface area contributed by atoms with E-state index in [1.807, 2.05) is 16.7 Å². The van der Waals surface area contributed by atoms with Crippen LogP contribution in [0, 0.1) is 5.92 Å². The molecule has 2 aliphatic heterocycles. The lowest BCUT2D eigenvalue weighted by Gasteiger charge is -2.35. The fraction of sp³-hybridized carbons (Fsp3) is 0.833. The summed E-state index contributed by atoms with van der Waals surface area (Å²) < 4.78 is 5.42. The highest BCUT2D eigenvalue weighted by atomic mass is 16.5. The Balaban J connectivity index is 1.82. The Hall–Kier alpha value is -1.14. The summed E-state index contributed by atoms with van der Waals surface area (Å²) in [5.74, 6) is -0.668. The number of piperazine rings is 1. The lowest BCUT2D eigenvalue weighted by Crippen LogP contribution is -2.51. The van der Waals surface area contributed by atoms with Crippen LogP contribution in [0.5, 0.6) is 0 Å². The molecule has 1 amide bonds. The minimum Gasteiger partial charge on any atom is -0.480 e. The van der Waals surface area contributed by atoms with Crippen molar-refractivity contribution in [3.05, 3.63) is 0 Å². The molecule has 2 saturated heterocycles. The van der Waals surface area contributed by atoms with Crippen molar-refractivity contribution >= 4 is 11.9 Å². The molecule has 2 heterocycles. The van der Waals surface area contributed by atoms with Gasteiger partial charge in [-0.05, 0) is 13.3 Å². The van der Waals surface area contributed by atoms with E-state index in [-0.39, 0.29) is 24.5 Å². The lowest BCUT2D eigenvalue weighted by molar-refractivity contribution is -0.141. The van der Waals surface area contributed by atoms with Gasteiger partial charge >= 0.3 is 5.97 Å². The number of hydrogen-bond donors (Lipinski definition) is 1. The van der Waals surface area contributed by atoms with Crippen LogP contribution in [0.15, 0.2) is 0 Å². The van der Waals surface area contributed by atoms with Crippen molar-refractivity contribution in [2.24, 2.45) is 5.92 Å². The summed E-state index contributed by atoms with van der Waals surface area (Å²) in [4.78, 5) is 26.6. The molecule has 0 aromatic rings. The van der Waals surface area contributed by atoms with Gasteiger partial charge in [0.2, 0.25) is 5.91 Å². The molecule has 102 valence electrons. The predicted molar refractivity (Wildman–Crippen MR) is 64.2 cm³/mol. The Kier molecular flexibility index (Phi) is 4.19. The molecule has 0 bridgehead atoms. The first-order valence-corrected chi connectivity index (χ1v) is 6.42. The number of carbonyl (C=O) groups is 2. The summed E-state index contributed by atoms with van der Waals surface area (Å²) in [6, 6.07) is 0. The molecular weight excluding hydrogens is 236 g/mol. The second kappa shape index (κ2) is 5.67. The van der Waals surface area contributed by atoms with E-state index in [2.05, 4.69) is 0 Å². The molecule has 0 aromatic carbocycles. The first kappa shape index (κ1) is 13.3. The molecule has 6 heteroatoms. The fourth-order valence-corrected chi connectivity index (χ4v) is 2.61. The van der Waals surface area contributed by atoms with Crippen LogP contribution in [-0.4, -0.2) is 72.2 Å². The molecule has 0 aliphatic carbocycles. The second-order valence-electron chi connectivity index (χ2n) is 4.97. The van der Waals surface area contributed by atoms with Crippen LogP contribution in [-0.2, 0) is 14.3 Å². The smallest absolute Gasteiger partial charge is 0.317 e. The van der Waals surface area contributed by atoms with Crippen LogP contribution in [0.2, 0.25) is 0 Å². The predicted octanol–water partition coefficient (Wildman–Crippen LogP) is -0.360. The van der Waals surface area contributed by atoms with Crippen LogP contribution >= 0.6 is 0 Å². The zero-order chi connectivity index (χ0) is 13.1. The van der Waals surface area contributed by atoms with E-state index in [0.29, 0.717) is 32.8 Å². The summed E-state index contributed by atoms with van der Waals surface area (Å²) in [7, 11) is 0. The number of rotatable bonds is 3. The molecule has 18 heavy (non-hydrogen) atoms. The fourth-order valence-electron chi connectivity index (χ4n) is 2.61. The third kappa shape index (κ3) is 3.00. The maximum absolute atomic E-state index is 12.3. The van der Waals surface area contributed by atoms with E-state index in [1.165, 1.54) is 0 Å². The molecule has 0 aromatic heterocycles. The molecule has 1 N–H and O–H groups in total. The Bertz CT molecular complexity index is 326. The van der Waals surface area contributed by atoms with Gasteiger partial charge in [0.25, 0.3) is 0 Å². The topological polar surface area (TPSA) is 70.1 Å². The number of ether oxygens (including phenoxy) is 1. The maximum atomic E-state index is 12.3. The summed E-state index contributed by atoms with van der Waals surface area (Å²) in [6.45, 7) is 5.18.